The third-order valence-corrected chi connectivity index (χ3v) is 4.64. The van der Waals surface area contributed by atoms with Crippen LogP contribution in [-0.4, -0.2) is 25.0 Å². The minimum atomic E-state index is -0.682. The van der Waals surface area contributed by atoms with E-state index in [0.717, 1.165) is 16.9 Å². The molecular weight excluding hydrogens is 352 g/mol. The Morgan fingerprint density at radius 1 is 1.23 bits per heavy atom. The van der Waals surface area contributed by atoms with Crippen molar-refractivity contribution in [2.24, 2.45) is 0 Å². The first-order valence-electron chi connectivity index (χ1n) is 8.54. The molecule has 5 nitrogen and oxygen atoms in total. The fourth-order valence-electron chi connectivity index (χ4n) is 3.14. The first-order valence-corrected chi connectivity index (χ1v) is 8.92. The Morgan fingerprint density at radius 2 is 2.00 bits per heavy atom. The van der Waals surface area contributed by atoms with Crippen molar-refractivity contribution < 1.29 is 14.3 Å². The molecule has 0 fully saturated rings. The minimum absolute atomic E-state index is 0.167. The molecule has 0 spiro atoms. The molecule has 1 aliphatic heterocycles. The lowest BCUT2D eigenvalue weighted by Gasteiger charge is -2.19. The normalized spacial score (nSPS) is 15.7. The fourth-order valence-corrected chi connectivity index (χ4v) is 3.42. The van der Waals surface area contributed by atoms with Gasteiger partial charge in [-0.3, -0.25) is 9.59 Å². The van der Waals surface area contributed by atoms with E-state index in [9.17, 15) is 9.59 Å². The predicted molar refractivity (Wildman–Crippen MR) is 102 cm³/mol. The summed E-state index contributed by atoms with van der Waals surface area (Å²) in [6, 6.07) is 12.5. The maximum atomic E-state index is 12.8. The van der Waals surface area contributed by atoms with Gasteiger partial charge in [-0.2, -0.15) is 0 Å². The molecule has 2 amide bonds. The summed E-state index contributed by atoms with van der Waals surface area (Å²) in [6.45, 7) is 4.35. The van der Waals surface area contributed by atoms with Crippen LogP contribution in [0.15, 0.2) is 42.5 Å². The molecule has 26 heavy (non-hydrogen) atoms. The number of fused-ring (bicyclic) bond motifs is 1. The van der Waals surface area contributed by atoms with Gasteiger partial charge in [-0.25, -0.2) is 0 Å². The molecule has 0 aliphatic carbocycles. The standard InChI is InChI=1S/C20H21ClN2O3/c1-13-7-3-4-10-17(13)26-12-6-11-23-19-15(8-5-9-16(19)21)18(20(23)25)22-14(2)24/h3-5,7-10,18H,6,11-12H2,1-2H3,(H,22,24). The Labute approximate surface area is 157 Å². The molecule has 0 saturated carbocycles. The molecule has 1 aliphatic rings. The van der Waals surface area contributed by atoms with Crippen LogP contribution in [0.5, 0.6) is 5.75 Å². The second kappa shape index (κ2) is 7.79. The molecule has 1 N–H and O–H groups in total. The highest BCUT2D eigenvalue weighted by Gasteiger charge is 2.38. The molecule has 1 heterocycles. The van der Waals surface area contributed by atoms with Gasteiger partial charge in [0.2, 0.25) is 5.91 Å². The van der Waals surface area contributed by atoms with Crippen molar-refractivity contribution in [3.63, 3.8) is 0 Å². The molecule has 1 unspecified atom stereocenters. The highest BCUT2D eigenvalue weighted by molar-refractivity contribution is 6.34. The summed E-state index contributed by atoms with van der Waals surface area (Å²) >= 11 is 6.32. The number of ether oxygens (including phenoxy) is 1. The summed E-state index contributed by atoms with van der Waals surface area (Å²) in [7, 11) is 0. The zero-order valence-corrected chi connectivity index (χ0v) is 15.5. The number of rotatable bonds is 6. The molecule has 2 aromatic carbocycles. The van der Waals surface area contributed by atoms with Gasteiger partial charge in [0, 0.05) is 19.0 Å². The van der Waals surface area contributed by atoms with E-state index in [4.69, 9.17) is 16.3 Å². The summed E-state index contributed by atoms with van der Waals surface area (Å²) < 4.78 is 5.80. The molecule has 0 radical (unpaired) electrons. The van der Waals surface area contributed by atoms with Crippen molar-refractivity contribution in [1.82, 2.24) is 5.32 Å². The highest BCUT2D eigenvalue weighted by Crippen LogP contribution is 2.41. The molecule has 136 valence electrons. The second-order valence-corrected chi connectivity index (χ2v) is 6.68. The SMILES string of the molecule is CC(=O)NC1C(=O)N(CCCOc2ccccc2C)c2c(Cl)cccc21. The van der Waals surface area contributed by atoms with Crippen LogP contribution in [0.25, 0.3) is 0 Å². The molecule has 6 heteroatoms. The average Bonchev–Trinajstić information content (AvgIpc) is 2.86. The largest absolute Gasteiger partial charge is 0.493 e. The third-order valence-electron chi connectivity index (χ3n) is 4.34. The van der Waals surface area contributed by atoms with Gasteiger partial charge in [0.15, 0.2) is 0 Å². The molecule has 0 aromatic heterocycles. The summed E-state index contributed by atoms with van der Waals surface area (Å²) in [5.74, 6) is 0.424. The lowest BCUT2D eigenvalue weighted by Crippen LogP contribution is -2.37. The van der Waals surface area contributed by atoms with E-state index < -0.39 is 6.04 Å². The van der Waals surface area contributed by atoms with Crippen LogP contribution in [-0.2, 0) is 9.59 Å². The summed E-state index contributed by atoms with van der Waals surface area (Å²) in [4.78, 5) is 25.9. The number of carbonyl (C=O) groups excluding carboxylic acids is 2. The molecule has 3 rings (SSSR count). The fraction of sp³-hybridized carbons (Fsp3) is 0.300. The van der Waals surface area contributed by atoms with Crippen molar-refractivity contribution in [1.29, 1.82) is 0 Å². The number of aryl methyl sites for hydroxylation is 1. The van der Waals surface area contributed by atoms with Gasteiger partial charge >= 0.3 is 0 Å². The van der Waals surface area contributed by atoms with Gasteiger partial charge in [-0.1, -0.05) is 41.9 Å². The van der Waals surface area contributed by atoms with E-state index in [1.165, 1.54) is 6.92 Å². The minimum Gasteiger partial charge on any atom is -0.493 e. The molecule has 2 aromatic rings. The molecule has 1 atom stereocenters. The zero-order valence-electron chi connectivity index (χ0n) is 14.8. The van der Waals surface area contributed by atoms with Gasteiger partial charge in [-0.15, -0.1) is 0 Å². The number of anilines is 1. The van der Waals surface area contributed by atoms with Crippen LogP contribution >= 0.6 is 11.6 Å². The Morgan fingerprint density at radius 3 is 2.73 bits per heavy atom. The van der Waals surface area contributed by atoms with E-state index in [1.54, 1.807) is 17.0 Å². The van der Waals surface area contributed by atoms with E-state index in [0.29, 0.717) is 30.3 Å². The van der Waals surface area contributed by atoms with Crippen LogP contribution in [0.2, 0.25) is 5.02 Å². The number of nitrogens with one attached hydrogen (secondary N) is 1. The Kier molecular flexibility index (Phi) is 5.47. The predicted octanol–water partition coefficient (Wildman–Crippen LogP) is 3.64. The number of carbonyl (C=O) groups is 2. The number of halogens is 1. The van der Waals surface area contributed by atoms with Crippen LogP contribution in [0.3, 0.4) is 0 Å². The van der Waals surface area contributed by atoms with E-state index >= 15 is 0 Å². The van der Waals surface area contributed by atoms with Crippen molar-refractivity contribution >= 4 is 29.1 Å². The van der Waals surface area contributed by atoms with Gasteiger partial charge in [-0.05, 0) is 31.0 Å². The van der Waals surface area contributed by atoms with Crippen LogP contribution < -0.4 is 15.0 Å². The van der Waals surface area contributed by atoms with E-state index in [1.807, 2.05) is 37.3 Å². The van der Waals surface area contributed by atoms with Gasteiger partial charge in [0.1, 0.15) is 11.8 Å². The number of benzene rings is 2. The molecule has 0 saturated heterocycles. The Hall–Kier alpha value is -2.53. The maximum absolute atomic E-state index is 12.8. The monoisotopic (exact) mass is 372 g/mol. The lowest BCUT2D eigenvalue weighted by molar-refractivity contribution is -0.126. The maximum Gasteiger partial charge on any atom is 0.254 e. The number of hydrogen-bond acceptors (Lipinski definition) is 3. The summed E-state index contributed by atoms with van der Waals surface area (Å²) in [5.41, 5.74) is 2.48. The highest BCUT2D eigenvalue weighted by atomic mass is 35.5. The summed E-state index contributed by atoms with van der Waals surface area (Å²) in [5, 5.41) is 3.21. The number of amides is 2. The molecule has 0 bridgehead atoms. The Balaban J connectivity index is 1.69. The first kappa shape index (κ1) is 18.3. The van der Waals surface area contributed by atoms with Crippen molar-refractivity contribution in [2.75, 3.05) is 18.1 Å². The van der Waals surface area contributed by atoms with Crippen molar-refractivity contribution in [3.05, 3.63) is 58.6 Å². The van der Waals surface area contributed by atoms with Gasteiger partial charge in [0.25, 0.3) is 5.91 Å². The number of hydrogen-bond donors (Lipinski definition) is 1. The van der Waals surface area contributed by atoms with Gasteiger partial charge in [0.05, 0.1) is 17.3 Å². The third kappa shape index (κ3) is 3.68. The zero-order chi connectivity index (χ0) is 18.7. The number of para-hydroxylation sites is 2. The number of nitrogens with zero attached hydrogens (tertiary/aromatic N) is 1. The van der Waals surface area contributed by atoms with Crippen molar-refractivity contribution in [2.45, 2.75) is 26.3 Å². The second-order valence-electron chi connectivity index (χ2n) is 6.27. The smallest absolute Gasteiger partial charge is 0.254 e. The average molecular weight is 373 g/mol. The van der Waals surface area contributed by atoms with Crippen LogP contribution in [0, 0.1) is 6.92 Å². The van der Waals surface area contributed by atoms with Crippen molar-refractivity contribution in [3.8, 4) is 5.75 Å². The van der Waals surface area contributed by atoms with E-state index in [2.05, 4.69) is 5.32 Å². The topological polar surface area (TPSA) is 58.6 Å². The molecular formula is C20H21ClN2O3. The van der Waals surface area contributed by atoms with Gasteiger partial charge < -0.3 is 15.0 Å². The van der Waals surface area contributed by atoms with E-state index in [-0.39, 0.29) is 11.8 Å². The first-order chi connectivity index (χ1) is 12.5. The van der Waals surface area contributed by atoms with Crippen LogP contribution in [0.4, 0.5) is 5.69 Å². The Bertz CT molecular complexity index is 838. The lowest BCUT2D eigenvalue weighted by atomic mass is 10.1. The quantitative estimate of drug-likeness (QED) is 0.787. The summed E-state index contributed by atoms with van der Waals surface area (Å²) in [6.07, 6.45) is 0.650. The van der Waals surface area contributed by atoms with Crippen LogP contribution in [0.1, 0.15) is 30.5 Å².